The zero-order chi connectivity index (χ0) is 13.3. The lowest BCUT2D eigenvalue weighted by Gasteiger charge is -2.15. The van der Waals surface area contributed by atoms with Crippen molar-refractivity contribution >= 4 is 17.9 Å². The van der Waals surface area contributed by atoms with Crippen LogP contribution in [0.15, 0.2) is 0 Å². The number of carbonyl (C=O) groups excluding carboxylic acids is 2. The van der Waals surface area contributed by atoms with E-state index in [-0.39, 0.29) is 25.3 Å². The second kappa shape index (κ2) is 8.37. The Morgan fingerprint density at radius 1 is 1.29 bits per heavy atom. The highest BCUT2D eigenvalue weighted by atomic mass is 16.4. The van der Waals surface area contributed by atoms with E-state index in [2.05, 4.69) is 16.0 Å². The first-order valence-electron chi connectivity index (χ1n) is 5.46. The van der Waals surface area contributed by atoms with E-state index in [4.69, 9.17) is 5.11 Å². The van der Waals surface area contributed by atoms with Gasteiger partial charge in [-0.05, 0) is 6.42 Å². The smallest absolute Gasteiger partial charge is 0.315 e. The number of rotatable bonds is 7. The summed E-state index contributed by atoms with van der Waals surface area (Å²) in [4.78, 5) is 32.6. The second-order valence-corrected chi connectivity index (χ2v) is 3.53. The van der Waals surface area contributed by atoms with Crippen molar-refractivity contribution in [3.05, 3.63) is 0 Å². The third kappa shape index (κ3) is 8.06. The summed E-state index contributed by atoms with van der Waals surface area (Å²) in [7, 11) is 1.52. The predicted octanol–water partition coefficient (Wildman–Crippen LogP) is -0.325. The van der Waals surface area contributed by atoms with Gasteiger partial charge in [-0.3, -0.25) is 9.59 Å². The van der Waals surface area contributed by atoms with E-state index in [1.165, 1.54) is 7.05 Å². The van der Waals surface area contributed by atoms with Crippen LogP contribution in [0, 0.1) is 0 Å². The summed E-state index contributed by atoms with van der Waals surface area (Å²) >= 11 is 0. The molecule has 3 amide bonds. The van der Waals surface area contributed by atoms with Gasteiger partial charge in [0.25, 0.3) is 0 Å². The molecular formula is C10H19N3O4. The number of carboxylic acid groups (broad SMARTS) is 1. The Hall–Kier alpha value is -1.79. The van der Waals surface area contributed by atoms with E-state index in [1.807, 2.05) is 0 Å². The SMILES string of the molecule is CCC(CC(=O)O)NC(=O)NCCC(=O)NC. The van der Waals surface area contributed by atoms with Crippen LogP contribution in [0.25, 0.3) is 0 Å². The number of aliphatic carboxylic acids is 1. The fourth-order valence-corrected chi connectivity index (χ4v) is 1.16. The maximum absolute atomic E-state index is 11.3. The van der Waals surface area contributed by atoms with Gasteiger partial charge in [-0.1, -0.05) is 6.92 Å². The maximum atomic E-state index is 11.3. The molecule has 1 unspecified atom stereocenters. The molecule has 0 aliphatic heterocycles. The summed E-state index contributed by atoms with van der Waals surface area (Å²) in [6.07, 6.45) is 0.619. The van der Waals surface area contributed by atoms with Crippen LogP contribution in [0.1, 0.15) is 26.2 Å². The van der Waals surface area contributed by atoms with E-state index in [9.17, 15) is 14.4 Å². The molecule has 0 aromatic carbocycles. The Balaban J connectivity index is 3.83. The molecular weight excluding hydrogens is 226 g/mol. The Morgan fingerprint density at radius 2 is 1.94 bits per heavy atom. The molecule has 0 aromatic rings. The van der Waals surface area contributed by atoms with Crippen molar-refractivity contribution in [3.8, 4) is 0 Å². The molecule has 0 radical (unpaired) electrons. The standard InChI is InChI=1S/C10H19N3O4/c1-3-7(6-9(15)16)13-10(17)12-5-4-8(14)11-2/h7H,3-6H2,1-2H3,(H,11,14)(H,15,16)(H2,12,13,17). The third-order valence-electron chi connectivity index (χ3n) is 2.17. The average molecular weight is 245 g/mol. The monoisotopic (exact) mass is 245 g/mol. The van der Waals surface area contributed by atoms with Crippen LogP contribution in [0.4, 0.5) is 4.79 Å². The lowest BCUT2D eigenvalue weighted by molar-refractivity contribution is -0.137. The van der Waals surface area contributed by atoms with Gasteiger partial charge in [0.1, 0.15) is 0 Å². The number of amides is 3. The van der Waals surface area contributed by atoms with Crippen molar-refractivity contribution in [3.63, 3.8) is 0 Å². The van der Waals surface area contributed by atoms with Crippen molar-refractivity contribution in [2.75, 3.05) is 13.6 Å². The molecule has 17 heavy (non-hydrogen) atoms. The van der Waals surface area contributed by atoms with E-state index in [0.29, 0.717) is 6.42 Å². The molecule has 4 N–H and O–H groups in total. The van der Waals surface area contributed by atoms with Gasteiger partial charge in [0.2, 0.25) is 5.91 Å². The van der Waals surface area contributed by atoms with Gasteiger partial charge < -0.3 is 21.1 Å². The van der Waals surface area contributed by atoms with Crippen LogP contribution in [0.3, 0.4) is 0 Å². The summed E-state index contributed by atoms with van der Waals surface area (Å²) in [5.41, 5.74) is 0. The molecule has 0 aliphatic rings. The van der Waals surface area contributed by atoms with E-state index >= 15 is 0 Å². The minimum atomic E-state index is -0.956. The zero-order valence-electron chi connectivity index (χ0n) is 10.1. The van der Waals surface area contributed by atoms with E-state index < -0.39 is 18.0 Å². The lowest BCUT2D eigenvalue weighted by atomic mass is 10.1. The molecule has 0 bridgehead atoms. The molecule has 0 saturated heterocycles. The Labute approximate surface area is 100.0 Å². The highest BCUT2D eigenvalue weighted by molar-refractivity contribution is 5.78. The van der Waals surface area contributed by atoms with Gasteiger partial charge in [-0.15, -0.1) is 0 Å². The molecule has 7 nitrogen and oxygen atoms in total. The predicted molar refractivity (Wildman–Crippen MR) is 61.5 cm³/mol. The molecule has 0 heterocycles. The number of hydrogen-bond donors (Lipinski definition) is 4. The highest BCUT2D eigenvalue weighted by Gasteiger charge is 2.13. The number of carbonyl (C=O) groups is 3. The summed E-state index contributed by atoms with van der Waals surface area (Å²) < 4.78 is 0. The van der Waals surface area contributed by atoms with Crippen LogP contribution in [0.2, 0.25) is 0 Å². The largest absolute Gasteiger partial charge is 0.481 e. The Morgan fingerprint density at radius 3 is 2.41 bits per heavy atom. The van der Waals surface area contributed by atoms with Gasteiger partial charge in [0.05, 0.1) is 6.42 Å². The molecule has 0 saturated carbocycles. The van der Waals surface area contributed by atoms with Crippen molar-refractivity contribution in [1.82, 2.24) is 16.0 Å². The van der Waals surface area contributed by atoms with Crippen molar-refractivity contribution in [2.24, 2.45) is 0 Å². The summed E-state index contributed by atoms with van der Waals surface area (Å²) in [6, 6.07) is -0.852. The quantitative estimate of drug-likeness (QED) is 0.492. The van der Waals surface area contributed by atoms with Crippen LogP contribution < -0.4 is 16.0 Å². The van der Waals surface area contributed by atoms with Gasteiger partial charge in [0, 0.05) is 26.1 Å². The summed E-state index contributed by atoms with van der Waals surface area (Å²) in [5, 5.41) is 16.0. The molecule has 0 aliphatic carbocycles. The maximum Gasteiger partial charge on any atom is 0.315 e. The van der Waals surface area contributed by atoms with Crippen LogP contribution in [0.5, 0.6) is 0 Å². The van der Waals surface area contributed by atoms with Crippen LogP contribution in [-0.4, -0.2) is 42.6 Å². The summed E-state index contributed by atoms with van der Waals surface area (Å²) in [5.74, 6) is -1.12. The molecule has 0 spiro atoms. The van der Waals surface area contributed by atoms with Gasteiger partial charge in [-0.2, -0.15) is 0 Å². The average Bonchev–Trinajstić information content (AvgIpc) is 2.27. The molecule has 7 heteroatoms. The van der Waals surface area contributed by atoms with E-state index in [0.717, 1.165) is 0 Å². The van der Waals surface area contributed by atoms with Crippen LogP contribution in [-0.2, 0) is 9.59 Å². The Bertz CT molecular complexity index is 281. The number of carboxylic acids is 1. The molecule has 98 valence electrons. The fourth-order valence-electron chi connectivity index (χ4n) is 1.16. The third-order valence-corrected chi connectivity index (χ3v) is 2.17. The van der Waals surface area contributed by atoms with Crippen molar-refractivity contribution in [1.29, 1.82) is 0 Å². The van der Waals surface area contributed by atoms with E-state index in [1.54, 1.807) is 6.92 Å². The topological polar surface area (TPSA) is 108 Å². The molecule has 1 atom stereocenters. The number of nitrogens with one attached hydrogen (secondary N) is 3. The van der Waals surface area contributed by atoms with Gasteiger partial charge in [-0.25, -0.2) is 4.79 Å². The summed E-state index contributed by atoms with van der Waals surface area (Å²) in [6.45, 7) is 2.01. The minimum absolute atomic E-state index is 0.112. The first-order valence-corrected chi connectivity index (χ1v) is 5.46. The van der Waals surface area contributed by atoms with Crippen molar-refractivity contribution < 1.29 is 19.5 Å². The molecule has 0 aromatic heterocycles. The normalized spacial score (nSPS) is 11.4. The highest BCUT2D eigenvalue weighted by Crippen LogP contribution is 1.96. The fraction of sp³-hybridized carbons (Fsp3) is 0.700. The zero-order valence-corrected chi connectivity index (χ0v) is 10.1. The lowest BCUT2D eigenvalue weighted by Crippen LogP contribution is -2.43. The second-order valence-electron chi connectivity index (χ2n) is 3.53. The van der Waals surface area contributed by atoms with Gasteiger partial charge in [0.15, 0.2) is 0 Å². The van der Waals surface area contributed by atoms with Crippen LogP contribution >= 0.6 is 0 Å². The number of urea groups is 1. The first kappa shape index (κ1) is 15.2. The minimum Gasteiger partial charge on any atom is -0.481 e. The van der Waals surface area contributed by atoms with Gasteiger partial charge >= 0.3 is 12.0 Å². The first-order chi connectivity index (χ1) is 7.99. The van der Waals surface area contributed by atoms with Crippen molar-refractivity contribution in [2.45, 2.75) is 32.2 Å². The molecule has 0 rings (SSSR count). The Kier molecular flexibility index (Phi) is 7.49. The number of hydrogen-bond acceptors (Lipinski definition) is 3. The molecule has 0 fully saturated rings.